The lowest BCUT2D eigenvalue weighted by atomic mass is 9.93. The summed E-state index contributed by atoms with van der Waals surface area (Å²) in [5.74, 6) is 0.650. The van der Waals surface area contributed by atoms with Crippen molar-refractivity contribution in [3.63, 3.8) is 0 Å². The maximum atomic E-state index is 9.87. The fourth-order valence-corrected chi connectivity index (χ4v) is 3.16. The van der Waals surface area contributed by atoms with Gasteiger partial charge in [-0.1, -0.05) is 0 Å². The normalized spacial score (nSPS) is 38.4. The monoisotopic (exact) mass is 213 g/mol. The van der Waals surface area contributed by atoms with Crippen LogP contribution in [0.5, 0.6) is 0 Å². The van der Waals surface area contributed by atoms with E-state index in [9.17, 15) is 5.11 Å². The standard InChI is InChI=1S/C12H23NO2/c14-8-6-10-3-2-7-13(9-10)11-4-1-5-12(11)15/h10-12,14-15H,1-9H2/t10?,11-,12-/m0/s1. The van der Waals surface area contributed by atoms with Crippen LogP contribution < -0.4 is 0 Å². The summed E-state index contributed by atoms with van der Waals surface area (Å²) in [6.07, 6.45) is 6.62. The lowest BCUT2D eigenvalue weighted by molar-refractivity contribution is 0.0389. The summed E-state index contributed by atoms with van der Waals surface area (Å²) in [6.45, 7) is 2.54. The number of hydrogen-bond donors (Lipinski definition) is 2. The van der Waals surface area contributed by atoms with Crippen molar-refractivity contribution in [2.45, 2.75) is 50.7 Å². The zero-order valence-corrected chi connectivity index (χ0v) is 9.44. The Balaban J connectivity index is 1.86. The van der Waals surface area contributed by atoms with Gasteiger partial charge in [-0.15, -0.1) is 0 Å². The van der Waals surface area contributed by atoms with Gasteiger partial charge in [-0.2, -0.15) is 0 Å². The number of nitrogens with zero attached hydrogens (tertiary/aromatic N) is 1. The molecule has 0 spiro atoms. The van der Waals surface area contributed by atoms with E-state index in [1.54, 1.807) is 0 Å². The minimum Gasteiger partial charge on any atom is -0.396 e. The van der Waals surface area contributed by atoms with E-state index >= 15 is 0 Å². The molecule has 3 atom stereocenters. The molecule has 0 aromatic carbocycles. The number of likely N-dealkylation sites (tertiary alicyclic amines) is 1. The molecule has 1 unspecified atom stereocenters. The average Bonchev–Trinajstić information content (AvgIpc) is 2.65. The summed E-state index contributed by atoms with van der Waals surface area (Å²) >= 11 is 0. The number of piperidine rings is 1. The largest absolute Gasteiger partial charge is 0.396 e. The maximum Gasteiger partial charge on any atom is 0.0695 e. The molecule has 2 rings (SSSR count). The minimum absolute atomic E-state index is 0.0992. The molecular weight excluding hydrogens is 190 g/mol. The summed E-state index contributed by atoms with van der Waals surface area (Å²) in [7, 11) is 0. The van der Waals surface area contributed by atoms with Gasteiger partial charge in [-0.25, -0.2) is 0 Å². The Morgan fingerprint density at radius 3 is 2.67 bits per heavy atom. The second-order valence-corrected chi connectivity index (χ2v) is 5.08. The van der Waals surface area contributed by atoms with Crippen molar-refractivity contribution >= 4 is 0 Å². The predicted molar refractivity (Wildman–Crippen MR) is 59.6 cm³/mol. The van der Waals surface area contributed by atoms with Gasteiger partial charge in [0.05, 0.1) is 6.10 Å². The Morgan fingerprint density at radius 2 is 2.00 bits per heavy atom. The molecular formula is C12H23NO2. The van der Waals surface area contributed by atoms with Crippen molar-refractivity contribution in [2.75, 3.05) is 19.7 Å². The molecule has 2 N–H and O–H groups in total. The highest BCUT2D eigenvalue weighted by molar-refractivity contribution is 4.87. The lowest BCUT2D eigenvalue weighted by Crippen LogP contribution is -2.46. The van der Waals surface area contributed by atoms with Crippen LogP contribution in [0.25, 0.3) is 0 Å². The molecule has 1 heterocycles. The molecule has 1 aliphatic carbocycles. The second kappa shape index (κ2) is 5.28. The fourth-order valence-electron chi connectivity index (χ4n) is 3.16. The summed E-state index contributed by atoms with van der Waals surface area (Å²) in [6, 6.07) is 0.409. The molecule has 0 aromatic rings. The van der Waals surface area contributed by atoms with E-state index in [-0.39, 0.29) is 6.10 Å². The van der Waals surface area contributed by atoms with Crippen LogP contribution in [0.3, 0.4) is 0 Å². The Hall–Kier alpha value is -0.120. The average molecular weight is 213 g/mol. The predicted octanol–water partition coefficient (Wildman–Crippen LogP) is 0.994. The van der Waals surface area contributed by atoms with Crippen molar-refractivity contribution < 1.29 is 10.2 Å². The molecule has 2 aliphatic rings. The summed E-state index contributed by atoms with van der Waals surface area (Å²) in [5, 5.41) is 18.8. The highest BCUT2D eigenvalue weighted by Crippen LogP contribution is 2.29. The topological polar surface area (TPSA) is 43.7 Å². The van der Waals surface area contributed by atoms with Gasteiger partial charge < -0.3 is 10.2 Å². The van der Waals surface area contributed by atoms with Gasteiger partial charge in [-0.05, 0) is 51.0 Å². The second-order valence-electron chi connectivity index (χ2n) is 5.08. The summed E-state index contributed by atoms with van der Waals surface area (Å²) in [5.41, 5.74) is 0. The summed E-state index contributed by atoms with van der Waals surface area (Å²) in [4.78, 5) is 2.46. The summed E-state index contributed by atoms with van der Waals surface area (Å²) < 4.78 is 0. The molecule has 0 radical (unpaired) electrons. The fraction of sp³-hybridized carbons (Fsp3) is 1.00. The lowest BCUT2D eigenvalue weighted by Gasteiger charge is -2.38. The molecule has 3 heteroatoms. The molecule has 0 amide bonds. The van der Waals surface area contributed by atoms with Gasteiger partial charge >= 0.3 is 0 Å². The molecule has 3 nitrogen and oxygen atoms in total. The number of hydrogen-bond acceptors (Lipinski definition) is 3. The third-order valence-electron chi connectivity index (χ3n) is 4.00. The van der Waals surface area contributed by atoms with Crippen LogP contribution in [-0.2, 0) is 0 Å². The van der Waals surface area contributed by atoms with Crippen molar-refractivity contribution in [1.29, 1.82) is 0 Å². The Kier molecular flexibility index (Phi) is 4.00. The van der Waals surface area contributed by atoms with Gasteiger partial charge in [0.2, 0.25) is 0 Å². The molecule has 1 saturated heterocycles. The maximum absolute atomic E-state index is 9.87. The molecule has 1 aliphatic heterocycles. The van der Waals surface area contributed by atoms with Gasteiger partial charge in [0.1, 0.15) is 0 Å². The zero-order chi connectivity index (χ0) is 10.7. The molecule has 2 fully saturated rings. The van der Waals surface area contributed by atoms with E-state index in [0.717, 1.165) is 32.4 Å². The van der Waals surface area contributed by atoms with Crippen LogP contribution >= 0.6 is 0 Å². The Bertz CT molecular complexity index is 196. The molecule has 88 valence electrons. The van der Waals surface area contributed by atoms with Gasteiger partial charge in [0, 0.05) is 19.2 Å². The Morgan fingerprint density at radius 1 is 1.13 bits per heavy atom. The van der Waals surface area contributed by atoms with Crippen LogP contribution in [0.15, 0.2) is 0 Å². The van der Waals surface area contributed by atoms with E-state index in [4.69, 9.17) is 5.11 Å². The van der Waals surface area contributed by atoms with Crippen molar-refractivity contribution in [2.24, 2.45) is 5.92 Å². The third kappa shape index (κ3) is 2.71. The first-order valence-corrected chi connectivity index (χ1v) is 6.34. The zero-order valence-electron chi connectivity index (χ0n) is 9.44. The smallest absolute Gasteiger partial charge is 0.0695 e. The molecule has 15 heavy (non-hydrogen) atoms. The van der Waals surface area contributed by atoms with Crippen LogP contribution in [0.2, 0.25) is 0 Å². The van der Waals surface area contributed by atoms with Crippen LogP contribution in [0, 0.1) is 5.92 Å². The van der Waals surface area contributed by atoms with Gasteiger partial charge in [0.15, 0.2) is 0 Å². The van der Waals surface area contributed by atoms with E-state index < -0.39 is 0 Å². The molecule has 0 aromatic heterocycles. The first-order valence-electron chi connectivity index (χ1n) is 6.34. The Labute approximate surface area is 92.1 Å². The van der Waals surface area contributed by atoms with Crippen LogP contribution in [0.1, 0.15) is 38.5 Å². The first-order chi connectivity index (χ1) is 7.31. The quantitative estimate of drug-likeness (QED) is 0.735. The minimum atomic E-state index is -0.0992. The first kappa shape index (κ1) is 11.4. The van der Waals surface area contributed by atoms with Crippen molar-refractivity contribution in [3.8, 4) is 0 Å². The van der Waals surface area contributed by atoms with Crippen molar-refractivity contribution in [1.82, 2.24) is 4.90 Å². The van der Waals surface area contributed by atoms with Crippen LogP contribution in [0.4, 0.5) is 0 Å². The number of aliphatic hydroxyl groups excluding tert-OH is 2. The highest BCUT2D eigenvalue weighted by atomic mass is 16.3. The van der Waals surface area contributed by atoms with Crippen molar-refractivity contribution in [3.05, 3.63) is 0 Å². The SMILES string of the molecule is OCCC1CCCN([C@H]2CCC[C@@H]2O)C1. The van der Waals surface area contributed by atoms with Gasteiger partial charge in [-0.3, -0.25) is 4.90 Å². The molecule has 0 bridgehead atoms. The van der Waals surface area contributed by atoms with E-state index in [0.29, 0.717) is 18.6 Å². The van der Waals surface area contributed by atoms with E-state index in [1.807, 2.05) is 0 Å². The third-order valence-corrected chi connectivity index (χ3v) is 4.00. The number of rotatable bonds is 3. The van der Waals surface area contributed by atoms with E-state index in [1.165, 1.54) is 19.3 Å². The van der Waals surface area contributed by atoms with Gasteiger partial charge in [0.25, 0.3) is 0 Å². The van der Waals surface area contributed by atoms with E-state index in [2.05, 4.69) is 4.90 Å². The number of aliphatic hydroxyl groups is 2. The van der Waals surface area contributed by atoms with Crippen LogP contribution in [-0.4, -0.2) is 47.0 Å². The highest BCUT2D eigenvalue weighted by Gasteiger charge is 2.33. The molecule has 1 saturated carbocycles.